The van der Waals surface area contributed by atoms with Gasteiger partial charge in [-0.15, -0.1) is 6.42 Å². The fourth-order valence-corrected chi connectivity index (χ4v) is 0.930. The highest BCUT2D eigenvalue weighted by Crippen LogP contribution is 2.05. The van der Waals surface area contributed by atoms with Gasteiger partial charge in [0.15, 0.2) is 0 Å². The molecule has 0 aliphatic heterocycles. The van der Waals surface area contributed by atoms with E-state index >= 15 is 0 Å². The summed E-state index contributed by atoms with van der Waals surface area (Å²) in [6, 6.07) is 3.38. The van der Waals surface area contributed by atoms with E-state index in [1.165, 1.54) is 6.20 Å². The summed E-state index contributed by atoms with van der Waals surface area (Å²) >= 11 is 1.63. The Morgan fingerprint density at radius 1 is 1.67 bits per heavy atom. The Hall–Kier alpha value is -1.09. The number of hydrogen-bond donors (Lipinski definition) is 1. The third-order valence-electron chi connectivity index (χ3n) is 1.16. The average molecular weight is 272 g/mol. The van der Waals surface area contributed by atoms with E-state index in [1.54, 1.807) is 34.7 Å². The topological polar surface area (TPSA) is 42.0 Å². The second-order valence-corrected chi connectivity index (χ2v) is 2.95. The van der Waals surface area contributed by atoms with Crippen molar-refractivity contribution >= 4 is 32.3 Å². The summed E-state index contributed by atoms with van der Waals surface area (Å²) in [6.45, 7) is 0. The maximum absolute atomic E-state index is 10.6. The number of terminal acetylenes is 1. The van der Waals surface area contributed by atoms with Gasteiger partial charge in [-0.2, -0.15) is 0 Å². The van der Waals surface area contributed by atoms with Crippen molar-refractivity contribution in [1.82, 2.24) is 4.98 Å². The number of hydrogen-bond acceptors (Lipinski definition) is 2. The molecule has 0 radical (unpaired) electrons. The monoisotopic (exact) mass is 272 g/mol. The third-order valence-corrected chi connectivity index (χ3v) is 1.43. The second kappa shape index (κ2) is 4.07. The van der Waals surface area contributed by atoms with E-state index in [4.69, 9.17) is 6.42 Å². The Balaban J connectivity index is 2.80. The van der Waals surface area contributed by atoms with Gasteiger partial charge in [-0.05, 0) is 12.1 Å². The number of nitrogens with one attached hydrogen (secondary N) is 1. The van der Waals surface area contributed by atoms with Gasteiger partial charge in [0.1, 0.15) is 5.82 Å². The lowest BCUT2D eigenvalue weighted by Gasteiger charge is -1.98. The highest BCUT2D eigenvalue weighted by atomic mass is 127. The minimum Gasteiger partial charge on any atom is -0.302 e. The fraction of sp³-hybridized carbons (Fsp3) is 0. The fourth-order valence-electron chi connectivity index (χ4n) is 0.654. The van der Waals surface area contributed by atoms with Gasteiger partial charge in [0, 0.05) is 34.4 Å². The van der Waals surface area contributed by atoms with E-state index in [1.807, 2.05) is 0 Å². The number of anilines is 1. The molecule has 4 heteroatoms. The zero-order valence-electron chi connectivity index (χ0n) is 6.04. The van der Waals surface area contributed by atoms with Crippen LogP contribution >= 0.6 is 22.6 Å². The smallest absolute Gasteiger partial charge is 0.286 e. The molecule has 1 aromatic rings. The number of aromatic nitrogens is 1. The van der Waals surface area contributed by atoms with Crippen molar-refractivity contribution in [2.75, 3.05) is 5.32 Å². The summed E-state index contributed by atoms with van der Waals surface area (Å²) in [5.41, 5.74) is 0.696. The first-order chi connectivity index (χ1) is 5.72. The van der Waals surface area contributed by atoms with Crippen LogP contribution in [0.25, 0.3) is 0 Å². The van der Waals surface area contributed by atoms with Crippen LogP contribution in [-0.2, 0) is 0 Å². The number of nitrogens with zero attached hydrogens (tertiary/aromatic N) is 1. The van der Waals surface area contributed by atoms with E-state index in [-0.39, 0.29) is 3.91 Å². The largest absolute Gasteiger partial charge is 0.302 e. The summed E-state index contributed by atoms with van der Waals surface area (Å²) in [6.07, 6.45) is 6.65. The summed E-state index contributed by atoms with van der Waals surface area (Å²) in [5, 5.41) is 2.52. The van der Waals surface area contributed by atoms with E-state index in [9.17, 15) is 4.79 Å². The Bertz CT molecular complexity index is 326. The molecule has 0 aliphatic carbocycles. The van der Waals surface area contributed by atoms with Gasteiger partial charge in [0.25, 0.3) is 3.91 Å². The van der Waals surface area contributed by atoms with Crippen molar-refractivity contribution in [3.8, 4) is 12.3 Å². The normalized spacial score (nSPS) is 8.67. The SMILES string of the molecule is C#Cc1ccc(NC(=O)I)nc1. The van der Waals surface area contributed by atoms with Gasteiger partial charge >= 0.3 is 0 Å². The molecule has 0 aromatic carbocycles. The number of carbonyl (C=O) groups excluding carboxylic acids is 1. The third kappa shape index (κ3) is 2.51. The van der Waals surface area contributed by atoms with Crippen LogP contribution in [0.4, 0.5) is 10.6 Å². The van der Waals surface area contributed by atoms with Gasteiger partial charge in [-0.3, -0.25) is 4.79 Å². The van der Waals surface area contributed by atoms with Crippen molar-refractivity contribution in [3.63, 3.8) is 0 Å². The number of halogens is 1. The van der Waals surface area contributed by atoms with Crippen molar-refractivity contribution < 1.29 is 4.79 Å². The Morgan fingerprint density at radius 2 is 2.42 bits per heavy atom. The average Bonchev–Trinajstić information content (AvgIpc) is 2.05. The van der Waals surface area contributed by atoms with Crippen LogP contribution in [0.15, 0.2) is 18.3 Å². The van der Waals surface area contributed by atoms with E-state index in [2.05, 4.69) is 16.2 Å². The number of pyridine rings is 1. The lowest BCUT2D eigenvalue weighted by atomic mass is 10.3. The second-order valence-electron chi connectivity index (χ2n) is 1.98. The summed E-state index contributed by atoms with van der Waals surface area (Å²) in [5.74, 6) is 2.94. The predicted molar refractivity (Wildman–Crippen MR) is 55.2 cm³/mol. The van der Waals surface area contributed by atoms with Gasteiger partial charge in [-0.1, -0.05) is 5.92 Å². The van der Waals surface area contributed by atoms with Gasteiger partial charge in [0.05, 0.1) is 0 Å². The van der Waals surface area contributed by atoms with E-state index in [0.29, 0.717) is 11.4 Å². The minimum absolute atomic E-state index is 0.173. The van der Waals surface area contributed by atoms with Crippen molar-refractivity contribution in [3.05, 3.63) is 23.9 Å². The Morgan fingerprint density at radius 3 is 2.83 bits per heavy atom. The zero-order valence-corrected chi connectivity index (χ0v) is 8.20. The van der Waals surface area contributed by atoms with Crippen molar-refractivity contribution in [1.29, 1.82) is 0 Å². The van der Waals surface area contributed by atoms with E-state index in [0.717, 1.165) is 0 Å². The highest BCUT2D eigenvalue weighted by molar-refractivity contribution is 14.1. The Labute approximate surface area is 83.7 Å². The first-order valence-corrected chi connectivity index (χ1v) is 4.19. The molecule has 0 aliphatic rings. The van der Waals surface area contributed by atoms with Crippen LogP contribution in [0.1, 0.15) is 5.56 Å². The molecule has 0 atom stereocenters. The van der Waals surface area contributed by atoms with Gasteiger partial charge in [0.2, 0.25) is 0 Å². The quantitative estimate of drug-likeness (QED) is 0.368. The molecule has 0 spiro atoms. The van der Waals surface area contributed by atoms with Gasteiger partial charge in [-0.25, -0.2) is 4.98 Å². The van der Waals surface area contributed by atoms with Crippen LogP contribution in [0.3, 0.4) is 0 Å². The molecule has 0 saturated heterocycles. The Kier molecular flexibility index (Phi) is 3.05. The molecule has 1 aromatic heterocycles. The van der Waals surface area contributed by atoms with Crippen LogP contribution in [0, 0.1) is 12.3 Å². The molecule has 1 rings (SSSR count). The number of carbonyl (C=O) groups is 1. The molecule has 1 heterocycles. The first kappa shape index (κ1) is 9.00. The van der Waals surface area contributed by atoms with Crippen LogP contribution in [0.2, 0.25) is 0 Å². The molecule has 0 saturated carbocycles. The number of rotatable bonds is 1. The molecule has 60 valence electrons. The highest BCUT2D eigenvalue weighted by Gasteiger charge is 1.96. The molecular weight excluding hydrogens is 267 g/mol. The molecule has 1 amide bonds. The van der Waals surface area contributed by atoms with Crippen molar-refractivity contribution in [2.24, 2.45) is 0 Å². The molecule has 12 heavy (non-hydrogen) atoms. The van der Waals surface area contributed by atoms with Crippen LogP contribution < -0.4 is 5.32 Å². The molecule has 0 fully saturated rings. The molecule has 3 nitrogen and oxygen atoms in total. The summed E-state index contributed by atoms with van der Waals surface area (Å²) in [7, 11) is 0. The maximum Gasteiger partial charge on any atom is 0.286 e. The van der Waals surface area contributed by atoms with Crippen molar-refractivity contribution in [2.45, 2.75) is 0 Å². The first-order valence-electron chi connectivity index (χ1n) is 3.11. The zero-order chi connectivity index (χ0) is 8.97. The summed E-state index contributed by atoms with van der Waals surface area (Å²) in [4.78, 5) is 14.5. The van der Waals surface area contributed by atoms with Gasteiger partial charge < -0.3 is 5.32 Å². The number of amides is 1. The standard InChI is InChI=1S/C8H5IN2O/c1-2-6-3-4-7(10-5-6)11-8(9)12/h1,3-5H,(H,10,11,12). The predicted octanol–water partition coefficient (Wildman–Crippen LogP) is 2.03. The summed E-state index contributed by atoms with van der Waals surface area (Å²) < 4.78 is -0.173. The molecule has 0 bridgehead atoms. The molecule has 0 unspecified atom stereocenters. The minimum atomic E-state index is -0.173. The molecular formula is C8H5IN2O. The lowest BCUT2D eigenvalue weighted by molar-refractivity contribution is 0.271. The van der Waals surface area contributed by atoms with E-state index < -0.39 is 0 Å². The van der Waals surface area contributed by atoms with Crippen LogP contribution in [-0.4, -0.2) is 8.90 Å². The van der Waals surface area contributed by atoms with Crippen LogP contribution in [0.5, 0.6) is 0 Å². The molecule has 1 N–H and O–H groups in total. The maximum atomic E-state index is 10.6. The lowest BCUT2D eigenvalue weighted by Crippen LogP contribution is -2.01.